The summed E-state index contributed by atoms with van der Waals surface area (Å²) in [6.45, 7) is 4.07. The molecule has 3 saturated heterocycles. The maximum absolute atomic E-state index is 13.0. The predicted octanol–water partition coefficient (Wildman–Crippen LogP) is 1.84. The summed E-state index contributed by atoms with van der Waals surface area (Å²) in [6, 6.07) is 6.00. The quantitative estimate of drug-likeness (QED) is 0.733. The summed E-state index contributed by atoms with van der Waals surface area (Å²) in [5, 5.41) is 3.30. The number of piperidine rings is 2. The molecule has 3 heterocycles. The molecule has 1 atom stereocenters. The van der Waals surface area contributed by atoms with Gasteiger partial charge in [-0.05, 0) is 63.0 Å². The van der Waals surface area contributed by atoms with Crippen LogP contribution >= 0.6 is 12.4 Å². The van der Waals surface area contributed by atoms with Gasteiger partial charge in [-0.15, -0.1) is 12.4 Å². The lowest BCUT2D eigenvalue weighted by molar-refractivity contribution is -0.156. The molecule has 1 aromatic rings. The molecule has 3 fully saturated rings. The molecule has 4 rings (SSSR count). The van der Waals surface area contributed by atoms with E-state index in [2.05, 4.69) is 5.32 Å². The lowest BCUT2D eigenvalue weighted by Gasteiger charge is -2.42. The Hall–Kier alpha value is -1.90. The van der Waals surface area contributed by atoms with E-state index in [1.165, 1.54) is 12.1 Å². The van der Waals surface area contributed by atoms with E-state index in [0.29, 0.717) is 32.0 Å². The number of likely N-dealkylation sites (tertiary alicyclic amines) is 1. The maximum atomic E-state index is 13.0. The first-order valence-electron chi connectivity index (χ1n) is 10.9. The first-order valence-corrected chi connectivity index (χ1v) is 10.9. The van der Waals surface area contributed by atoms with Crippen LogP contribution in [0.4, 0.5) is 4.39 Å². The highest BCUT2D eigenvalue weighted by molar-refractivity contribution is 5.85. The Kier molecular flexibility index (Phi) is 8.51. The number of morpholine rings is 1. The molecule has 31 heavy (non-hydrogen) atoms. The van der Waals surface area contributed by atoms with Crippen LogP contribution in [0.15, 0.2) is 24.3 Å². The molecule has 0 bridgehead atoms. The average Bonchev–Trinajstić information content (AvgIpc) is 2.80. The van der Waals surface area contributed by atoms with E-state index in [1.54, 1.807) is 12.1 Å². The fraction of sp³-hybridized carbons (Fsp3) is 0.636. The number of hydrogen-bond acceptors (Lipinski definition) is 5. The third-order valence-electron chi connectivity index (χ3n) is 6.32. The van der Waals surface area contributed by atoms with E-state index in [0.717, 1.165) is 38.8 Å². The molecule has 1 N–H and O–H groups in total. The highest BCUT2D eigenvalue weighted by Gasteiger charge is 2.35. The molecule has 2 amide bonds. The Bertz CT molecular complexity index is 737. The second-order valence-corrected chi connectivity index (χ2v) is 8.32. The number of nitrogens with one attached hydrogen (secondary N) is 1. The van der Waals surface area contributed by atoms with E-state index in [-0.39, 0.29) is 54.7 Å². The summed E-state index contributed by atoms with van der Waals surface area (Å²) in [6.07, 6.45) is 3.21. The van der Waals surface area contributed by atoms with E-state index < -0.39 is 0 Å². The Morgan fingerprint density at radius 3 is 2.48 bits per heavy atom. The van der Waals surface area contributed by atoms with E-state index in [1.807, 2.05) is 9.80 Å². The molecule has 3 aliphatic heterocycles. The summed E-state index contributed by atoms with van der Waals surface area (Å²) in [5.74, 6) is 0.678. The zero-order valence-corrected chi connectivity index (χ0v) is 18.4. The van der Waals surface area contributed by atoms with Gasteiger partial charge in [0.1, 0.15) is 30.9 Å². The normalized spacial score (nSPS) is 23.4. The number of carbonyl (C=O) groups excluding carboxylic acids is 2. The standard InChI is InChI=1S/C22H30FN3O4.ClH/c23-17-1-3-19(4-2-17)29-14-20-13-26(21(27)15-30-20)18-7-11-25(12-8-18)22(28)16-5-9-24-10-6-16;/h1-4,16,18,20,24H,5-15H2;1H. The largest absolute Gasteiger partial charge is 0.491 e. The monoisotopic (exact) mass is 455 g/mol. The molecule has 0 radical (unpaired) electrons. The van der Waals surface area contributed by atoms with Crippen molar-refractivity contribution < 1.29 is 23.5 Å². The Morgan fingerprint density at radius 1 is 1.13 bits per heavy atom. The first-order chi connectivity index (χ1) is 14.6. The van der Waals surface area contributed by atoms with Gasteiger partial charge in [-0.1, -0.05) is 0 Å². The van der Waals surface area contributed by atoms with Gasteiger partial charge < -0.3 is 24.6 Å². The smallest absolute Gasteiger partial charge is 0.248 e. The van der Waals surface area contributed by atoms with Crippen molar-refractivity contribution in [1.82, 2.24) is 15.1 Å². The number of ether oxygens (including phenoxy) is 2. The summed E-state index contributed by atoms with van der Waals surface area (Å²) >= 11 is 0. The number of nitrogens with zero attached hydrogens (tertiary/aromatic N) is 2. The van der Waals surface area contributed by atoms with Crippen molar-refractivity contribution in [1.29, 1.82) is 0 Å². The van der Waals surface area contributed by atoms with Crippen LogP contribution in [0.25, 0.3) is 0 Å². The second-order valence-electron chi connectivity index (χ2n) is 8.32. The van der Waals surface area contributed by atoms with Gasteiger partial charge in [-0.25, -0.2) is 4.39 Å². The third-order valence-corrected chi connectivity index (χ3v) is 6.32. The lowest BCUT2D eigenvalue weighted by atomic mass is 9.94. The van der Waals surface area contributed by atoms with Crippen molar-refractivity contribution >= 4 is 24.2 Å². The number of carbonyl (C=O) groups is 2. The van der Waals surface area contributed by atoms with Crippen LogP contribution in [0.3, 0.4) is 0 Å². The molecule has 0 aromatic heterocycles. The SMILES string of the molecule is Cl.O=C(C1CCNCC1)N1CCC(N2CC(COc3ccc(F)cc3)OCC2=O)CC1. The fourth-order valence-corrected chi connectivity index (χ4v) is 4.54. The Balaban J connectivity index is 0.00000272. The summed E-state index contributed by atoms with van der Waals surface area (Å²) in [4.78, 5) is 29.1. The lowest BCUT2D eigenvalue weighted by Crippen LogP contribution is -2.56. The zero-order valence-electron chi connectivity index (χ0n) is 17.6. The molecular formula is C22H31ClFN3O4. The average molecular weight is 456 g/mol. The van der Waals surface area contributed by atoms with Crippen molar-refractivity contribution in [2.45, 2.75) is 37.8 Å². The topological polar surface area (TPSA) is 71.1 Å². The predicted molar refractivity (Wildman–Crippen MR) is 116 cm³/mol. The third kappa shape index (κ3) is 6.08. The van der Waals surface area contributed by atoms with Gasteiger partial charge >= 0.3 is 0 Å². The maximum Gasteiger partial charge on any atom is 0.248 e. The highest BCUT2D eigenvalue weighted by Crippen LogP contribution is 2.23. The van der Waals surface area contributed by atoms with Crippen molar-refractivity contribution in [2.75, 3.05) is 45.9 Å². The number of amides is 2. The van der Waals surface area contributed by atoms with Gasteiger partial charge in [0.05, 0.1) is 6.54 Å². The van der Waals surface area contributed by atoms with Gasteiger partial charge in [0.15, 0.2) is 0 Å². The molecule has 1 aromatic carbocycles. The van der Waals surface area contributed by atoms with Gasteiger partial charge in [-0.2, -0.15) is 0 Å². The molecule has 9 heteroatoms. The van der Waals surface area contributed by atoms with Crippen LogP contribution in [-0.4, -0.2) is 79.7 Å². The van der Waals surface area contributed by atoms with Crippen LogP contribution < -0.4 is 10.1 Å². The van der Waals surface area contributed by atoms with Crippen LogP contribution in [0.2, 0.25) is 0 Å². The van der Waals surface area contributed by atoms with Crippen LogP contribution in [0.1, 0.15) is 25.7 Å². The van der Waals surface area contributed by atoms with E-state index >= 15 is 0 Å². The van der Waals surface area contributed by atoms with E-state index in [9.17, 15) is 14.0 Å². The summed E-state index contributed by atoms with van der Waals surface area (Å²) in [5.41, 5.74) is 0. The highest BCUT2D eigenvalue weighted by atomic mass is 35.5. The molecular weight excluding hydrogens is 425 g/mol. The summed E-state index contributed by atoms with van der Waals surface area (Å²) < 4.78 is 24.3. The molecule has 172 valence electrons. The molecule has 1 unspecified atom stereocenters. The van der Waals surface area contributed by atoms with Crippen molar-refractivity contribution in [3.8, 4) is 5.75 Å². The molecule has 0 saturated carbocycles. The van der Waals surface area contributed by atoms with Crippen LogP contribution in [-0.2, 0) is 14.3 Å². The van der Waals surface area contributed by atoms with Crippen LogP contribution in [0.5, 0.6) is 5.75 Å². The number of halogens is 2. The Morgan fingerprint density at radius 2 is 1.81 bits per heavy atom. The number of rotatable bonds is 5. The van der Waals surface area contributed by atoms with Gasteiger partial charge in [0.2, 0.25) is 11.8 Å². The Labute approximate surface area is 188 Å². The second kappa shape index (κ2) is 11.1. The minimum Gasteiger partial charge on any atom is -0.491 e. The molecule has 0 spiro atoms. The minimum absolute atomic E-state index is 0. The summed E-state index contributed by atoms with van der Waals surface area (Å²) in [7, 11) is 0. The fourth-order valence-electron chi connectivity index (χ4n) is 4.54. The molecule has 0 aliphatic carbocycles. The van der Waals surface area contributed by atoms with Gasteiger partial charge in [0.25, 0.3) is 0 Å². The van der Waals surface area contributed by atoms with Crippen molar-refractivity contribution in [2.24, 2.45) is 5.92 Å². The zero-order chi connectivity index (χ0) is 20.9. The van der Waals surface area contributed by atoms with Gasteiger partial charge in [-0.3, -0.25) is 9.59 Å². The molecule has 3 aliphatic rings. The van der Waals surface area contributed by atoms with E-state index in [4.69, 9.17) is 9.47 Å². The van der Waals surface area contributed by atoms with Crippen molar-refractivity contribution in [3.63, 3.8) is 0 Å². The van der Waals surface area contributed by atoms with Gasteiger partial charge in [0, 0.05) is 25.0 Å². The van der Waals surface area contributed by atoms with Crippen LogP contribution in [0, 0.1) is 11.7 Å². The number of benzene rings is 1. The first kappa shape index (κ1) is 23.8. The molecule has 7 nitrogen and oxygen atoms in total. The van der Waals surface area contributed by atoms with Crippen molar-refractivity contribution in [3.05, 3.63) is 30.1 Å². The number of hydrogen-bond donors (Lipinski definition) is 1. The minimum atomic E-state index is -0.307.